The van der Waals surface area contributed by atoms with Crippen molar-refractivity contribution in [2.24, 2.45) is 0 Å². The van der Waals surface area contributed by atoms with E-state index in [1.165, 1.54) is 32.3 Å². The van der Waals surface area contributed by atoms with Gasteiger partial charge in [-0.3, -0.25) is 0 Å². The number of carboxylic acid groups (broad SMARTS) is 1. The highest BCUT2D eigenvalue weighted by atomic mass is 32.2. The van der Waals surface area contributed by atoms with Crippen molar-refractivity contribution in [3.05, 3.63) is 23.8 Å². The zero-order valence-corrected chi connectivity index (χ0v) is 12.9. The lowest BCUT2D eigenvalue weighted by Gasteiger charge is -2.21. The summed E-state index contributed by atoms with van der Waals surface area (Å²) in [5.41, 5.74) is 0.501. The first kappa shape index (κ1) is 16.5. The number of aromatic carboxylic acids is 1. The van der Waals surface area contributed by atoms with Crippen LogP contribution in [-0.4, -0.2) is 51.5 Å². The number of carbonyl (C=O) groups is 1. The molecule has 0 saturated carbocycles. The highest BCUT2D eigenvalue weighted by molar-refractivity contribution is 7.89. The average molecular weight is 300 g/mol. The molecule has 0 aliphatic carbocycles. The monoisotopic (exact) mass is 300 g/mol. The second-order valence-corrected chi connectivity index (χ2v) is 6.84. The number of hydrogen-bond acceptors (Lipinski definition) is 4. The van der Waals surface area contributed by atoms with E-state index >= 15 is 0 Å². The molecule has 1 N–H and O–H groups in total. The number of benzene rings is 1. The highest BCUT2D eigenvalue weighted by Gasteiger charge is 2.21. The molecule has 6 nitrogen and oxygen atoms in total. The Labute approximate surface area is 119 Å². The largest absolute Gasteiger partial charge is 0.478 e. The zero-order chi connectivity index (χ0) is 15.5. The lowest BCUT2D eigenvalue weighted by Crippen LogP contribution is -2.24. The number of nitrogens with zero attached hydrogens (tertiary/aromatic N) is 2. The molecule has 112 valence electrons. The molecule has 0 atom stereocenters. The molecule has 1 aromatic rings. The minimum absolute atomic E-state index is 0.0103. The molecule has 0 bridgehead atoms. The van der Waals surface area contributed by atoms with Crippen molar-refractivity contribution >= 4 is 21.7 Å². The van der Waals surface area contributed by atoms with Gasteiger partial charge in [-0.05, 0) is 24.6 Å². The summed E-state index contributed by atoms with van der Waals surface area (Å²) in [6.07, 6.45) is 0.868. The maximum Gasteiger partial charge on any atom is 0.337 e. The second-order valence-electron chi connectivity index (χ2n) is 4.69. The van der Waals surface area contributed by atoms with Crippen molar-refractivity contribution in [1.82, 2.24) is 4.31 Å². The molecule has 0 spiro atoms. The normalized spacial score (nSPS) is 11.7. The Morgan fingerprint density at radius 2 is 1.85 bits per heavy atom. The first-order chi connectivity index (χ1) is 9.21. The minimum atomic E-state index is -3.64. The summed E-state index contributed by atoms with van der Waals surface area (Å²) >= 11 is 0. The van der Waals surface area contributed by atoms with Crippen LogP contribution in [0.4, 0.5) is 5.69 Å². The van der Waals surface area contributed by atoms with Crippen molar-refractivity contribution in [2.75, 3.05) is 32.6 Å². The quantitative estimate of drug-likeness (QED) is 0.861. The summed E-state index contributed by atoms with van der Waals surface area (Å²) in [6.45, 7) is 2.68. The highest BCUT2D eigenvalue weighted by Crippen LogP contribution is 2.24. The Morgan fingerprint density at radius 3 is 2.30 bits per heavy atom. The lowest BCUT2D eigenvalue weighted by atomic mass is 10.1. The van der Waals surface area contributed by atoms with Crippen molar-refractivity contribution in [3.63, 3.8) is 0 Å². The molecule has 1 rings (SSSR count). The molecule has 0 saturated heterocycles. The molecule has 0 amide bonds. The van der Waals surface area contributed by atoms with E-state index in [1.807, 2.05) is 6.92 Å². The van der Waals surface area contributed by atoms with E-state index in [0.717, 1.165) is 10.7 Å². The van der Waals surface area contributed by atoms with Gasteiger partial charge in [0.2, 0.25) is 10.0 Å². The van der Waals surface area contributed by atoms with Gasteiger partial charge in [0, 0.05) is 27.7 Å². The van der Waals surface area contributed by atoms with Crippen LogP contribution in [0.15, 0.2) is 23.1 Å². The van der Waals surface area contributed by atoms with Crippen LogP contribution in [0.25, 0.3) is 0 Å². The zero-order valence-electron chi connectivity index (χ0n) is 12.1. The molecule has 0 aliphatic heterocycles. The Morgan fingerprint density at radius 1 is 1.25 bits per heavy atom. The van der Waals surface area contributed by atoms with Crippen molar-refractivity contribution < 1.29 is 18.3 Å². The number of sulfonamides is 1. The third-order valence-electron chi connectivity index (χ3n) is 2.95. The molecular formula is C13H20N2O4S. The van der Waals surface area contributed by atoms with Crippen LogP contribution >= 0.6 is 0 Å². The Bertz CT molecular complexity index is 596. The van der Waals surface area contributed by atoms with Gasteiger partial charge < -0.3 is 10.0 Å². The molecule has 0 heterocycles. The Balaban J connectivity index is 3.38. The summed E-state index contributed by atoms with van der Waals surface area (Å²) in [4.78, 5) is 13.1. The van der Waals surface area contributed by atoms with E-state index in [4.69, 9.17) is 0 Å². The van der Waals surface area contributed by atoms with Crippen molar-refractivity contribution in [1.29, 1.82) is 0 Å². The Hall–Kier alpha value is -1.60. The standard InChI is InChI=1S/C13H20N2O4S/c1-5-8-15(4)12-7-6-10(9-11(12)13(16)17)20(18,19)14(2)3/h6-7,9H,5,8H2,1-4H3,(H,16,17). The first-order valence-corrected chi connectivity index (χ1v) is 7.66. The molecular weight excluding hydrogens is 280 g/mol. The third kappa shape index (κ3) is 3.29. The number of carboxylic acids is 1. The van der Waals surface area contributed by atoms with E-state index in [0.29, 0.717) is 12.2 Å². The van der Waals surface area contributed by atoms with Gasteiger partial charge in [0.05, 0.1) is 16.1 Å². The van der Waals surface area contributed by atoms with Crippen LogP contribution in [0.1, 0.15) is 23.7 Å². The predicted octanol–water partition coefficient (Wildman–Crippen LogP) is 1.48. The van der Waals surface area contributed by atoms with Crippen LogP contribution in [0.2, 0.25) is 0 Å². The fraction of sp³-hybridized carbons (Fsp3) is 0.462. The summed E-state index contributed by atoms with van der Waals surface area (Å²) < 4.78 is 25.1. The van der Waals surface area contributed by atoms with Gasteiger partial charge in [-0.1, -0.05) is 6.92 Å². The van der Waals surface area contributed by atoms with Crippen molar-refractivity contribution in [3.8, 4) is 0 Å². The van der Waals surface area contributed by atoms with Gasteiger partial charge in [-0.15, -0.1) is 0 Å². The lowest BCUT2D eigenvalue weighted by molar-refractivity contribution is 0.0697. The fourth-order valence-corrected chi connectivity index (χ4v) is 2.77. The molecule has 20 heavy (non-hydrogen) atoms. The smallest absolute Gasteiger partial charge is 0.337 e. The molecule has 0 radical (unpaired) electrons. The van der Waals surface area contributed by atoms with Gasteiger partial charge in [-0.25, -0.2) is 17.5 Å². The summed E-state index contributed by atoms with van der Waals surface area (Å²) in [5.74, 6) is -1.14. The van der Waals surface area contributed by atoms with Crippen molar-refractivity contribution in [2.45, 2.75) is 18.2 Å². The molecule has 0 unspecified atom stereocenters. The first-order valence-electron chi connectivity index (χ1n) is 6.22. The fourth-order valence-electron chi connectivity index (χ4n) is 1.85. The van der Waals surface area contributed by atoms with E-state index in [-0.39, 0.29) is 10.5 Å². The van der Waals surface area contributed by atoms with Crippen LogP contribution in [0.5, 0.6) is 0 Å². The topological polar surface area (TPSA) is 77.9 Å². The van der Waals surface area contributed by atoms with Gasteiger partial charge in [0.1, 0.15) is 0 Å². The predicted molar refractivity (Wildman–Crippen MR) is 77.8 cm³/mol. The Kier molecular flexibility index (Phi) is 5.13. The van der Waals surface area contributed by atoms with E-state index in [2.05, 4.69) is 0 Å². The molecule has 7 heteroatoms. The van der Waals surface area contributed by atoms with Crippen LogP contribution in [0, 0.1) is 0 Å². The van der Waals surface area contributed by atoms with Crippen LogP contribution < -0.4 is 4.90 Å². The van der Waals surface area contributed by atoms with Gasteiger partial charge in [0.15, 0.2) is 0 Å². The number of hydrogen-bond donors (Lipinski definition) is 1. The minimum Gasteiger partial charge on any atom is -0.478 e. The number of rotatable bonds is 6. The van der Waals surface area contributed by atoms with E-state index in [1.54, 1.807) is 11.9 Å². The van der Waals surface area contributed by atoms with Gasteiger partial charge in [0.25, 0.3) is 0 Å². The summed E-state index contributed by atoms with van der Waals surface area (Å²) in [6, 6.07) is 4.18. The molecule has 1 aromatic carbocycles. The number of anilines is 1. The average Bonchev–Trinajstić information content (AvgIpc) is 2.37. The summed E-state index contributed by atoms with van der Waals surface area (Å²) in [7, 11) is 0.966. The summed E-state index contributed by atoms with van der Waals surface area (Å²) in [5, 5.41) is 9.28. The maximum atomic E-state index is 12.0. The second kappa shape index (κ2) is 6.23. The van der Waals surface area contributed by atoms with Crippen LogP contribution in [-0.2, 0) is 10.0 Å². The van der Waals surface area contributed by atoms with E-state index < -0.39 is 16.0 Å². The van der Waals surface area contributed by atoms with E-state index in [9.17, 15) is 18.3 Å². The van der Waals surface area contributed by atoms with Gasteiger partial charge in [-0.2, -0.15) is 0 Å². The van der Waals surface area contributed by atoms with Crippen LogP contribution in [0.3, 0.4) is 0 Å². The SMILES string of the molecule is CCCN(C)c1ccc(S(=O)(=O)N(C)C)cc1C(=O)O. The maximum absolute atomic E-state index is 12.0. The molecule has 0 aromatic heterocycles. The molecule has 0 aliphatic rings. The van der Waals surface area contributed by atoms with Gasteiger partial charge >= 0.3 is 5.97 Å². The molecule has 0 fully saturated rings. The third-order valence-corrected chi connectivity index (χ3v) is 4.76.